The highest BCUT2D eigenvalue weighted by molar-refractivity contribution is 7.09. The molecule has 26 heavy (non-hydrogen) atoms. The van der Waals surface area contributed by atoms with Crippen molar-refractivity contribution in [3.63, 3.8) is 0 Å². The van der Waals surface area contributed by atoms with Gasteiger partial charge in [0.15, 0.2) is 0 Å². The van der Waals surface area contributed by atoms with Crippen molar-refractivity contribution in [1.82, 2.24) is 10.3 Å². The summed E-state index contributed by atoms with van der Waals surface area (Å²) in [6.07, 6.45) is 0.681. The molecular weight excluding hydrogens is 351 g/mol. The van der Waals surface area contributed by atoms with Gasteiger partial charge in [0.2, 0.25) is 5.91 Å². The molecule has 0 bridgehead atoms. The second kappa shape index (κ2) is 7.25. The Morgan fingerprint density at radius 2 is 2.04 bits per heavy atom. The van der Waals surface area contributed by atoms with Crippen molar-refractivity contribution in [2.45, 2.75) is 13.0 Å². The molecule has 4 nitrogen and oxygen atoms in total. The third-order valence-corrected chi connectivity index (χ3v) is 5.20. The van der Waals surface area contributed by atoms with Crippen LogP contribution in [0.5, 0.6) is 5.75 Å². The molecule has 1 aromatic heterocycles. The molecule has 1 amide bonds. The van der Waals surface area contributed by atoms with Crippen molar-refractivity contribution in [2.75, 3.05) is 6.61 Å². The lowest BCUT2D eigenvalue weighted by Crippen LogP contribution is -2.37. The Hall–Kier alpha value is -2.73. The van der Waals surface area contributed by atoms with Gasteiger partial charge in [-0.05, 0) is 42.3 Å². The summed E-state index contributed by atoms with van der Waals surface area (Å²) in [4.78, 5) is 17.0. The summed E-state index contributed by atoms with van der Waals surface area (Å²) in [5, 5.41) is 5.67. The molecule has 1 N–H and O–H groups in total. The fourth-order valence-corrected chi connectivity index (χ4v) is 3.69. The highest BCUT2D eigenvalue weighted by atomic mass is 32.1. The number of thiazole rings is 1. The summed E-state index contributed by atoms with van der Waals surface area (Å²) in [5.41, 5.74) is 2.71. The minimum atomic E-state index is -0.271. The Morgan fingerprint density at radius 3 is 2.88 bits per heavy atom. The molecule has 2 heterocycles. The fraction of sp³-hybridized carbons (Fsp3) is 0.200. The zero-order valence-corrected chi connectivity index (χ0v) is 14.8. The topological polar surface area (TPSA) is 51.2 Å². The summed E-state index contributed by atoms with van der Waals surface area (Å²) in [7, 11) is 0. The molecule has 0 saturated heterocycles. The van der Waals surface area contributed by atoms with Crippen LogP contribution in [0.4, 0.5) is 4.39 Å². The summed E-state index contributed by atoms with van der Waals surface area (Å²) in [5.74, 6) is 0.368. The van der Waals surface area contributed by atoms with Crippen LogP contribution in [0.25, 0.3) is 11.3 Å². The van der Waals surface area contributed by atoms with Crippen molar-refractivity contribution in [2.24, 2.45) is 5.92 Å². The first-order chi connectivity index (χ1) is 12.7. The predicted octanol–water partition coefficient (Wildman–Crippen LogP) is 3.82. The van der Waals surface area contributed by atoms with Gasteiger partial charge >= 0.3 is 0 Å². The highest BCUT2D eigenvalue weighted by Crippen LogP contribution is 2.27. The lowest BCUT2D eigenvalue weighted by atomic mass is 9.96. The first-order valence-electron chi connectivity index (χ1n) is 8.38. The van der Waals surface area contributed by atoms with Gasteiger partial charge in [0.25, 0.3) is 0 Å². The van der Waals surface area contributed by atoms with Crippen LogP contribution in [0.15, 0.2) is 53.9 Å². The van der Waals surface area contributed by atoms with Crippen LogP contribution in [0, 0.1) is 11.7 Å². The number of halogens is 1. The molecule has 0 unspecified atom stereocenters. The number of hydrogen-bond donors (Lipinski definition) is 1. The van der Waals surface area contributed by atoms with Crippen molar-refractivity contribution < 1.29 is 13.9 Å². The van der Waals surface area contributed by atoms with E-state index in [0.29, 0.717) is 19.6 Å². The maximum atomic E-state index is 13.0. The third-order valence-electron chi connectivity index (χ3n) is 4.36. The zero-order valence-electron chi connectivity index (χ0n) is 13.9. The van der Waals surface area contributed by atoms with E-state index in [2.05, 4.69) is 10.3 Å². The minimum Gasteiger partial charge on any atom is -0.492 e. The number of amides is 1. The van der Waals surface area contributed by atoms with E-state index < -0.39 is 0 Å². The summed E-state index contributed by atoms with van der Waals surface area (Å²) >= 11 is 1.47. The minimum absolute atomic E-state index is 0.0296. The van der Waals surface area contributed by atoms with Crippen molar-refractivity contribution in [1.29, 1.82) is 0 Å². The number of hydrogen-bond acceptors (Lipinski definition) is 4. The molecule has 0 spiro atoms. The largest absolute Gasteiger partial charge is 0.492 e. The SMILES string of the molecule is O=C(NCc1nc(-c2ccc(F)cc2)cs1)[C@@H]1COc2ccccc2C1. The molecule has 3 aromatic rings. The van der Waals surface area contributed by atoms with E-state index >= 15 is 0 Å². The van der Waals surface area contributed by atoms with Crippen LogP contribution >= 0.6 is 11.3 Å². The van der Waals surface area contributed by atoms with Gasteiger partial charge in [-0.25, -0.2) is 9.37 Å². The molecule has 1 aliphatic rings. The standard InChI is InChI=1S/C20H17FN2O2S/c21-16-7-5-13(6-8-16)17-12-26-19(23-17)10-22-20(24)15-9-14-3-1-2-4-18(14)25-11-15/h1-8,12,15H,9-11H2,(H,22,24)/t15-/m0/s1. The van der Waals surface area contributed by atoms with Crippen LogP contribution in [0.2, 0.25) is 0 Å². The Balaban J connectivity index is 1.36. The quantitative estimate of drug-likeness (QED) is 0.762. The van der Waals surface area contributed by atoms with E-state index in [1.807, 2.05) is 29.6 Å². The number of carbonyl (C=O) groups is 1. The van der Waals surface area contributed by atoms with E-state index in [4.69, 9.17) is 4.74 Å². The molecule has 2 aromatic carbocycles. The number of para-hydroxylation sites is 1. The van der Waals surface area contributed by atoms with E-state index in [0.717, 1.165) is 27.6 Å². The Labute approximate surface area is 154 Å². The molecule has 0 radical (unpaired) electrons. The van der Waals surface area contributed by atoms with Crippen LogP contribution in [0.3, 0.4) is 0 Å². The van der Waals surface area contributed by atoms with Gasteiger partial charge in [-0.15, -0.1) is 11.3 Å². The third kappa shape index (κ3) is 3.60. The molecule has 4 rings (SSSR count). The average Bonchev–Trinajstić information content (AvgIpc) is 3.15. The number of nitrogens with one attached hydrogen (secondary N) is 1. The number of rotatable bonds is 4. The molecule has 1 aliphatic heterocycles. The molecule has 1 atom stereocenters. The van der Waals surface area contributed by atoms with Gasteiger partial charge in [-0.3, -0.25) is 4.79 Å². The van der Waals surface area contributed by atoms with Crippen LogP contribution in [0.1, 0.15) is 10.6 Å². The predicted molar refractivity (Wildman–Crippen MR) is 98.5 cm³/mol. The molecule has 132 valence electrons. The molecule has 6 heteroatoms. The Morgan fingerprint density at radius 1 is 1.23 bits per heavy atom. The van der Waals surface area contributed by atoms with Gasteiger partial charge in [0.1, 0.15) is 23.2 Å². The first kappa shape index (κ1) is 16.7. The number of benzene rings is 2. The maximum Gasteiger partial charge on any atom is 0.227 e. The highest BCUT2D eigenvalue weighted by Gasteiger charge is 2.25. The normalized spacial score (nSPS) is 15.8. The second-order valence-electron chi connectivity index (χ2n) is 6.17. The van der Waals surface area contributed by atoms with Crippen LogP contribution < -0.4 is 10.1 Å². The molecular formula is C20H17FN2O2S. The summed E-state index contributed by atoms with van der Waals surface area (Å²) in [6, 6.07) is 14.0. The van der Waals surface area contributed by atoms with E-state index in [1.54, 1.807) is 12.1 Å². The number of ether oxygens (including phenoxy) is 1. The van der Waals surface area contributed by atoms with E-state index in [-0.39, 0.29) is 17.6 Å². The lowest BCUT2D eigenvalue weighted by molar-refractivity contribution is -0.126. The first-order valence-corrected chi connectivity index (χ1v) is 9.26. The Kier molecular flexibility index (Phi) is 4.67. The Bertz CT molecular complexity index is 924. The molecule has 0 aliphatic carbocycles. The number of fused-ring (bicyclic) bond motifs is 1. The van der Waals surface area contributed by atoms with Gasteiger partial charge in [0.05, 0.1) is 18.2 Å². The maximum absolute atomic E-state index is 13.0. The lowest BCUT2D eigenvalue weighted by Gasteiger charge is -2.24. The monoisotopic (exact) mass is 368 g/mol. The van der Waals surface area contributed by atoms with Crippen molar-refractivity contribution >= 4 is 17.2 Å². The average molecular weight is 368 g/mol. The summed E-state index contributed by atoms with van der Waals surface area (Å²) < 4.78 is 18.7. The van der Waals surface area contributed by atoms with Crippen LogP contribution in [-0.4, -0.2) is 17.5 Å². The van der Waals surface area contributed by atoms with Crippen molar-refractivity contribution in [3.8, 4) is 17.0 Å². The van der Waals surface area contributed by atoms with E-state index in [9.17, 15) is 9.18 Å². The van der Waals surface area contributed by atoms with E-state index in [1.165, 1.54) is 23.5 Å². The van der Waals surface area contributed by atoms with Gasteiger partial charge in [-0.1, -0.05) is 18.2 Å². The molecule has 0 fully saturated rings. The van der Waals surface area contributed by atoms with Crippen molar-refractivity contribution in [3.05, 3.63) is 70.3 Å². The van der Waals surface area contributed by atoms with Crippen LogP contribution in [-0.2, 0) is 17.8 Å². The number of nitrogens with zero attached hydrogens (tertiary/aromatic N) is 1. The fourth-order valence-electron chi connectivity index (χ4n) is 2.95. The van der Waals surface area contributed by atoms with Gasteiger partial charge in [0, 0.05) is 10.9 Å². The smallest absolute Gasteiger partial charge is 0.227 e. The zero-order chi connectivity index (χ0) is 17.9. The summed E-state index contributed by atoms with van der Waals surface area (Å²) in [6.45, 7) is 0.768. The number of aromatic nitrogens is 1. The second-order valence-corrected chi connectivity index (χ2v) is 7.11. The number of carbonyl (C=O) groups excluding carboxylic acids is 1. The van der Waals surface area contributed by atoms with Gasteiger partial charge in [-0.2, -0.15) is 0 Å². The van der Waals surface area contributed by atoms with Gasteiger partial charge < -0.3 is 10.1 Å². The molecule has 0 saturated carbocycles.